The number of benzene rings is 1. The maximum atomic E-state index is 5.84. The molecule has 0 atom stereocenters. The molecule has 0 bridgehead atoms. The zero-order valence-corrected chi connectivity index (χ0v) is 11.9. The van der Waals surface area contributed by atoms with Crippen molar-refractivity contribution >= 4 is 17.5 Å². The number of nitrogens with two attached hydrogens (primary N) is 1. The second-order valence-corrected chi connectivity index (χ2v) is 5.07. The predicted octanol–water partition coefficient (Wildman–Crippen LogP) is 3.94. The fraction of sp³-hybridized carbons (Fsp3) is 0.286. The molecule has 0 fully saturated rings. The molecule has 1 heterocycles. The maximum absolute atomic E-state index is 5.84. The Morgan fingerprint density at radius 2 is 1.95 bits per heavy atom. The SMILES string of the molecule is Cc1ccc(C(C)C)c(Oc2cc(Cl)nc(N)n2)c1. The number of aryl methyl sites for hydroxylation is 1. The van der Waals surface area contributed by atoms with Crippen LogP contribution in [0.25, 0.3) is 0 Å². The fourth-order valence-corrected chi connectivity index (χ4v) is 1.97. The van der Waals surface area contributed by atoms with E-state index in [9.17, 15) is 0 Å². The summed E-state index contributed by atoms with van der Waals surface area (Å²) in [6, 6.07) is 7.64. The van der Waals surface area contributed by atoms with Crippen LogP contribution in [0.2, 0.25) is 5.15 Å². The lowest BCUT2D eigenvalue weighted by Crippen LogP contribution is -1.99. The van der Waals surface area contributed by atoms with Gasteiger partial charge in [-0.3, -0.25) is 0 Å². The van der Waals surface area contributed by atoms with Crippen LogP contribution in [0, 0.1) is 6.92 Å². The number of nitrogen functional groups attached to an aromatic ring is 1. The molecule has 2 aromatic rings. The molecule has 0 aliphatic carbocycles. The highest BCUT2D eigenvalue weighted by molar-refractivity contribution is 6.29. The normalized spacial score (nSPS) is 10.8. The highest BCUT2D eigenvalue weighted by Gasteiger charge is 2.11. The van der Waals surface area contributed by atoms with Gasteiger partial charge in [0.25, 0.3) is 0 Å². The monoisotopic (exact) mass is 277 g/mol. The first-order chi connectivity index (χ1) is 8.95. The van der Waals surface area contributed by atoms with Crippen molar-refractivity contribution in [1.82, 2.24) is 9.97 Å². The summed E-state index contributed by atoms with van der Waals surface area (Å²) in [6.45, 7) is 6.23. The number of halogens is 1. The van der Waals surface area contributed by atoms with Gasteiger partial charge in [-0.25, -0.2) is 4.98 Å². The van der Waals surface area contributed by atoms with Gasteiger partial charge < -0.3 is 10.5 Å². The highest BCUT2D eigenvalue weighted by Crippen LogP contribution is 2.31. The second-order valence-electron chi connectivity index (χ2n) is 4.69. The number of hydrogen-bond donors (Lipinski definition) is 1. The van der Waals surface area contributed by atoms with Crippen LogP contribution in [0.3, 0.4) is 0 Å². The van der Waals surface area contributed by atoms with Gasteiger partial charge in [0.2, 0.25) is 11.8 Å². The van der Waals surface area contributed by atoms with E-state index in [0.29, 0.717) is 11.8 Å². The molecule has 5 heteroatoms. The van der Waals surface area contributed by atoms with Crippen LogP contribution in [0.1, 0.15) is 30.9 Å². The number of hydrogen-bond acceptors (Lipinski definition) is 4. The largest absolute Gasteiger partial charge is 0.438 e. The van der Waals surface area contributed by atoms with E-state index in [2.05, 4.69) is 35.9 Å². The second kappa shape index (κ2) is 5.45. The van der Waals surface area contributed by atoms with Crippen LogP contribution in [-0.4, -0.2) is 9.97 Å². The Labute approximate surface area is 117 Å². The molecule has 0 saturated heterocycles. The van der Waals surface area contributed by atoms with E-state index in [4.69, 9.17) is 22.1 Å². The summed E-state index contributed by atoms with van der Waals surface area (Å²) in [5.74, 6) is 1.57. The molecule has 2 N–H and O–H groups in total. The molecule has 2 rings (SSSR count). The van der Waals surface area contributed by atoms with Crippen molar-refractivity contribution in [2.24, 2.45) is 0 Å². The van der Waals surface area contributed by atoms with E-state index in [1.165, 1.54) is 0 Å². The number of ether oxygens (including phenoxy) is 1. The quantitative estimate of drug-likeness (QED) is 0.863. The molecule has 0 amide bonds. The van der Waals surface area contributed by atoms with Crippen LogP contribution in [0.4, 0.5) is 5.95 Å². The van der Waals surface area contributed by atoms with Gasteiger partial charge in [0.05, 0.1) is 0 Å². The summed E-state index contributed by atoms with van der Waals surface area (Å²) in [7, 11) is 0. The van der Waals surface area contributed by atoms with E-state index in [-0.39, 0.29) is 11.1 Å². The minimum Gasteiger partial charge on any atom is -0.438 e. The van der Waals surface area contributed by atoms with Crippen molar-refractivity contribution in [1.29, 1.82) is 0 Å². The van der Waals surface area contributed by atoms with Crippen LogP contribution >= 0.6 is 11.6 Å². The molecule has 19 heavy (non-hydrogen) atoms. The predicted molar refractivity (Wildman–Crippen MR) is 76.8 cm³/mol. The number of aromatic nitrogens is 2. The first kappa shape index (κ1) is 13.6. The average Bonchev–Trinajstić information content (AvgIpc) is 2.26. The van der Waals surface area contributed by atoms with Gasteiger partial charge in [-0.15, -0.1) is 0 Å². The zero-order valence-electron chi connectivity index (χ0n) is 11.1. The Balaban J connectivity index is 2.39. The fourth-order valence-electron chi connectivity index (χ4n) is 1.79. The Morgan fingerprint density at radius 1 is 1.21 bits per heavy atom. The molecular weight excluding hydrogens is 262 g/mol. The third-order valence-electron chi connectivity index (χ3n) is 2.69. The zero-order chi connectivity index (χ0) is 14.0. The minimum atomic E-state index is 0.0984. The molecule has 0 unspecified atom stereocenters. The first-order valence-corrected chi connectivity index (χ1v) is 6.42. The lowest BCUT2D eigenvalue weighted by atomic mass is 10.0. The molecule has 100 valence electrons. The van der Waals surface area contributed by atoms with Gasteiger partial charge in [-0.2, -0.15) is 4.98 Å². The first-order valence-electron chi connectivity index (χ1n) is 6.04. The van der Waals surface area contributed by atoms with Gasteiger partial charge in [-0.1, -0.05) is 37.6 Å². The third kappa shape index (κ3) is 3.35. The van der Waals surface area contributed by atoms with Gasteiger partial charge in [0.1, 0.15) is 10.9 Å². The van der Waals surface area contributed by atoms with Crippen molar-refractivity contribution in [3.8, 4) is 11.6 Å². The van der Waals surface area contributed by atoms with Crippen molar-refractivity contribution < 1.29 is 4.74 Å². The van der Waals surface area contributed by atoms with E-state index in [0.717, 1.165) is 16.9 Å². The lowest BCUT2D eigenvalue weighted by Gasteiger charge is -2.14. The smallest absolute Gasteiger partial charge is 0.225 e. The molecule has 4 nitrogen and oxygen atoms in total. The summed E-state index contributed by atoms with van der Waals surface area (Å²) < 4.78 is 5.80. The van der Waals surface area contributed by atoms with Crippen molar-refractivity contribution in [2.45, 2.75) is 26.7 Å². The van der Waals surface area contributed by atoms with Crippen LogP contribution in [-0.2, 0) is 0 Å². The maximum Gasteiger partial charge on any atom is 0.225 e. The highest BCUT2D eigenvalue weighted by atomic mass is 35.5. The van der Waals surface area contributed by atoms with Gasteiger partial charge in [-0.05, 0) is 30.0 Å². The summed E-state index contributed by atoms with van der Waals surface area (Å²) >= 11 is 5.84. The number of rotatable bonds is 3. The van der Waals surface area contributed by atoms with Crippen LogP contribution in [0.15, 0.2) is 24.3 Å². The standard InChI is InChI=1S/C14H16ClN3O/c1-8(2)10-5-4-9(3)6-11(10)19-13-7-12(15)17-14(16)18-13/h4-8H,1-3H3,(H2,16,17,18). The Hall–Kier alpha value is -1.81. The molecule has 0 spiro atoms. The van der Waals surface area contributed by atoms with Crippen LogP contribution in [0.5, 0.6) is 11.6 Å². The Bertz CT molecular complexity index is 579. The summed E-state index contributed by atoms with van der Waals surface area (Å²) in [4.78, 5) is 7.82. The molecule has 0 radical (unpaired) electrons. The molecule has 1 aromatic heterocycles. The molecule has 0 aliphatic rings. The topological polar surface area (TPSA) is 61.0 Å². The average molecular weight is 278 g/mol. The van der Waals surface area contributed by atoms with E-state index in [1.54, 1.807) is 6.07 Å². The van der Waals surface area contributed by atoms with Crippen molar-refractivity contribution in [3.63, 3.8) is 0 Å². The summed E-state index contributed by atoms with van der Waals surface area (Å²) in [5, 5.41) is 0.265. The third-order valence-corrected chi connectivity index (χ3v) is 2.89. The van der Waals surface area contributed by atoms with Gasteiger partial charge >= 0.3 is 0 Å². The van der Waals surface area contributed by atoms with E-state index >= 15 is 0 Å². The van der Waals surface area contributed by atoms with E-state index in [1.807, 2.05) is 13.0 Å². The molecular formula is C14H16ClN3O. The molecule has 0 aliphatic heterocycles. The summed E-state index contributed by atoms with van der Waals surface area (Å²) in [5.41, 5.74) is 7.78. The van der Waals surface area contributed by atoms with Gasteiger partial charge in [0, 0.05) is 6.07 Å². The Morgan fingerprint density at radius 3 is 2.58 bits per heavy atom. The summed E-state index contributed by atoms with van der Waals surface area (Å²) in [6.07, 6.45) is 0. The minimum absolute atomic E-state index is 0.0984. The van der Waals surface area contributed by atoms with Crippen molar-refractivity contribution in [3.05, 3.63) is 40.5 Å². The van der Waals surface area contributed by atoms with Crippen molar-refractivity contribution in [2.75, 3.05) is 5.73 Å². The van der Waals surface area contributed by atoms with Crippen LogP contribution < -0.4 is 10.5 Å². The molecule has 0 saturated carbocycles. The Kier molecular flexibility index (Phi) is 3.90. The number of nitrogens with zero attached hydrogens (tertiary/aromatic N) is 2. The lowest BCUT2D eigenvalue weighted by molar-refractivity contribution is 0.454. The molecule has 1 aromatic carbocycles. The number of anilines is 1. The van der Waals surface area contributed by atoms with E-state index < -0.39 is 0 Å². The van der Waals surface area contributed by atoms with Gasteiger partial charge in [0.15, 0.2) is 0 Å².